The van der Waals surface area contributed by atoms with Gasteiger partial charge in [0.05, 0.1) is 6.61 Å². The van der Waals surface area contributed by atoms with Crippen LogP contribution in [-0.2, 0) is 22.4 Å². The van der Waals surface area contributed by atoms with Crippen molar-refractivity contribution in [1.29, 1.82) is 0 Å². The molecule has 4 heteroatoms. The van der Waals surface area contributed by atoms with Crippen molar-refractivity contribution in [3.63, 3.8) is 0 Å². The lowest BCUT2D eigenvalue weighted by atomic mass is 9.94. The molecule has 1 N–H and O–H groups in total. The van der Waals surface area contributed by atoms with Crippen LogP contribution in [0.4, 0.5) is 4.39 Å². The number of carbonyl (C=O) groups excluding carboxylic acids is 1. The molecule has 0 saturated carbocycles. The molecule has 0 heterocycles. The third kappa shape index (κ3) is 5.68. The number of aliphatic hydroxyl groups excluding tert-OH is 1. The van der Waals surface area contributed by atoms with Crippen molar-refractivity contribution in [2.45, 2.75) is 26.7 Å². The molecule has 0 saturated heterocycles. The molecular formula is C27H27FO3. The van der Waals surface area contributed by atoms with Gasteiger partial charge in [-0.1, -0.05) is 66.7 Å². The number of benzene rings is 3. The van der Waals surface area contributed by atoms with E-state index in [2.05, 4.69) is 6.58 Å². The van der Waals surface area contributed by atoms with Gasteiger partial charge in [-0.3, -0.25) is 0 Å². The van der Waals surface area contributed by atoms with E-state index < -0.39 is 5.97 Å². The van der Waals surface area contributed by atoms with Gasteiger partial charge in [0.15, 0.2) is 0 Å². The SMILES string of the molecule is C=C(C)C(=O)OCCc1cc(-c2ccc(-c3ccc(C)cc3)cc2F)ccc1CCO. The summed E-state index contributed by atoms with van der Waals surface area (Å²) in [5.41, 5.74) is 6.42. The second kappa shape index (κ2) is 10.2. The van der Waals surface area contributed by atoms with Crippen molar-refractivity contribution in [1.82, 2.24) is 0 Å². The van der Waals surface area contributed by atoms with Gasteiger partial charge in [-0.15, -0.1) is 0 Å². The van der Waals surface area contributed by atoms with Crippen LogP contribution >= 0.6 is 0 Å². The Bertz CT molecular complexity index is 1080. The fraction of sp³-hybridized carbons (Fsp3) is 0.222. The Kier molecular flexibility index (Phi) is 7.37. The van der Waals surface area contributed by atoms with Gasteiger partial charge < -0.3 is 9.84 Å². The summed E-state index contributed by atoms with van der Waals surface area (Å²) >= 11 is 0. The summed E-state index contributed by atoms with van der Waals surface area (Å²) < 4.78 is 20.2. The molecule has 0 spiro atoms. The summed E-state index contributed by atoms with van der Waals surface area (Å²) in [5.74, 6) is -0.731. The molecule has 3 aromatic rings. The van der Waals surface area contributed by atoms with Gasteiger partial charge in [-0.25, -0.2) is 9.18 Å². The number of aryl methyl sites for hydroxylation is 1. The Morgan fingerprint density at radius 2 is 1.61 bits per heavy atom. The molecule has 0 amide bonds. The number of ether oxygens (including phenoxy) is 1. The number of aliphatic hydroxyl groups is 1. The van der Waals surface area contributed by atoms with Crippen molar-refractivity contribution in [3.8, 4) is 22.3 Å². The molecule has 0 radical (unpaired) electrons. The van der Waals surface area contributed by atoms with Crippen LogP contribution < -0.4 is 0 Å². The normalized spacial score (nSPS) is 10.7. The highest BCUT2D eigenvalue weighted by Crippen LogP contribution is 2.30. The monoisotopic (exact) mass is 418 g/mol. The zero-order valence-electron chi connectivity index (χ0n) is 18.0. The minimum absolute atomic E-state index is 0.0114. The second-order valence-electron chi connectivity index (χ2n) is 7.68. The van der Waals surface area contributed by atoms with Gasteiger partial charge >= 0.3 is 5.97 Å². The summed E-state index contributed by atoms with van der Waals surface area (Å²) in [5, 5.41) is 9.36. The molecule has 31 heavy (non-hydrogen) atoms. The highest BCUT2D eigenvalue weighted by molar-refractivity contribution is 5.86. The van der Waals surface area contributed by atoms with Crippen LogP contribution in [0.25, 0.3) is 22.3 Å². The molecule has 160 valence electrons. The molecule has 0 bridgehead atoms. The third-order valence-electron chi connectivity index (χ3n) is 5.21. The van der Waals surface area contributed by atoms with E-state index in [-0.39, 0.29) is 19.0 Å². The largest absolute Gasteiger partial charge is 0.462 e. The van der Waals surface area contributed by atoms with Crippen LogP contribution in [0.1, 0.15) is 23.6 Å². The minimum Gasteiger partial charge on any atom is -0.462 e. The molecule has 0 unspecified atom stereocenters. The lowest BCUT2D eigenvalue weighted by Gasteiger charge is -2.13. The molecule has 3 aromatic carbocycles. The second-order valence-corrected chi connectivity index (χ2v) is 7.68. The fourth-order valence-corrected chi connectivity index (χ4v) is 3.44. The zero-order valence-corrected chi connectivity index (χ0v) is 18.0. The first-order chi connectivity index (χ1) is 14.9. The van der Waals surface area contributed by atoms with E-state index in [1.165, 1.54) is 0 Å². The number of esters is 1. The first-order valence-corrected chi connectivity index (χ1v) is 10.3. The van der Waals surface area contributed by atoms with Gasteiger partial charge in [0.2, 0.25) is 0 Å². The highest BCUT2D eigenvalue weighted by atomic mass is 19.1. The molecule has 0 aliphatic heterocycles. The third-order valence-corrected chi connectivity index (χ3v) is 5.21. The van der Waals surface area contributed by atoms with E-state index in [1.807, 2.05) is 55.5 Å². The lowest BCUT2D eigenvalue weighted by molar-refractivity contribution is -0.138. The van der Waals surface area contributed by atoms with E-state index in [1.54, 1.807) is 19.1 Å². The standard InChI is InChI=1S/C27H27FO3/c1-18(2)27(30)31-15-13-23-16-24(9-8-21(23)12-14-29)25-11-10-22(17-26(25)28)20-6-4-19(3)5-7-20/h4-11,16-17,29H,1,12-15H2,2-3H3. The van der Waals surface area contributed by atoms with Crippen LogP contribution in [0.2, 0.25) is 0 Å². The molecule has 0 fully saturated rings. The van der Waals surface area contributed by atoms with Gasteiger partial charge in [0.25, 0.3) is 0 Å². The Labute approximate surface area is 182 Å². The number of halogens is 1. The van der Waals surface area contributed by atoms with Crippen molar-refractivity contribution < 1.29 is 19.0 Å². The van der Waals surface area contributed by atoms with E-state index in [0.717, 1.165) is 33.4 Å². The number of hydrogen-bond acceptors (Lipinski definition) is 3. The molecule has 0 atom stereocenters. The Morgan fingerprint density at radius 1 is 0.935 bits per heavy atom. The van der Waals surface area contributed by atoms with E-state index in [4.69, 9.17) is 4.74 Å². The Morgan fingerprint density at radius 3 is 2.26 bits per heavy atom. The zero-order chi connectivity index (χ0) is 22.4. The van der Waals surface area contributed by atoms with Crippen LogP contribution in [0.15, 0.2) is 72.8 Å². The van der Waals surface area contributed by atoms with Crippen molar-refractivity contribution in [2.24, 2.45) is 0 Å². The lowest BCUT2D eigenvalue weighted by Crippen LogP contribution is -2.09. The highest BCUT2D eigenvalue weighted by Gasteiger charge is 2.12. The molecule has 0 aromatic heterocycles. The average molecular weight is 419 g/mol. The molecule has 3 nitrogen and oxygen atoms in total. The Balaban J connectivity index is 1.86. The maximum Gasteiger partial charge on any atom is 0.333 e. The maximum absolute atomic E-state index is 15.0. The van der Waals surface area contributed by atoms with E-state index >= 15 is 4.39 Å². The van der Waals surface area contributed by atoms with Gasteiger partial charge in [0.1, 0.15) is 5.82 Å². The molecule has 3 rings (SSSR count). The van der Waals surface area contributed by atoms with Crippen molar-refractivity contribution >= 4 is 5.97 Å². The number of hydrogen-bond donors (Lipinski definition) is 1. The van der Waals surface area contributed by atoms with Gasteiger partial charge in [-0.05, 0) is 54.2 Å². The van der Waals surface area contributed by atoms with Gasteiger partial charge in [0, 0.05) is 24.2 Å². The number of carbonyl (C=O) groups is 1. The fourth-order valence-electron chi connectivity index (χ4n) is 3.44. The summed E-state index contributed by atoms with van der Waals surface area (Å²) in [7, 11) is 0. The topological polar surface area (TPSA) is 46.5 Å². The summed E-state index contributed by atoms with van der Waals surface area (Å²) in [6, 6.07) is 18.9. The Hall–Kier alpha value is -3.24. The molecule has 0 aliphatic rings. The van der Waals surface area contributed by atoms with Crippen LogP contribution in [0.5, 0.6) is 0 Å². The van der Waals surface area contributed by atoms with E-state index in [0.29, 0.717) is 24.0 Å². The molecule has 0 aliphatic carbocycles. The van der Waals surface area contributed by atoms with Crippen LogP contribution in [-0.4, -0.2) is 24.3 Å². The summed E-state index contributed by atoms with van der Waals surface area (Å²) in [6.45, 7) is 7.40. The average Bonchev–Trinajstić information content (AvgIpc) is 2.75. The predicted octanol–water partition coefficient (Wildman–Crippen LogP) is 5.66. The van der Waals surface area contributed by atoms with Crippen molar-refractivity contribution in [3.05, 3.63) is 95.3 Å². The quantitative estimate of drug-likeness (QED) is 0.379. The smallest absolute Gasteiger partial charge is 0.333 e. The van der Waals surface area contributed by atoms with Crippen LogP contribution in [0, 0.1) is 12.7 Å². The molecular weight excluding hydrogens is 391 g/mol. The first kappa shape index (κ1) is 22.4. The van der Waals surface area contributed by atoms with Crippen LogP contribution in [0.3, 0.4) is 0 Å². The summed E-state index contributed by atoms with van der Waals surface area (Å²) in [6.07, 6.45) is 0.962. The summed E-state index contributed by atoms with van der Waals surface area (Å²) in [4.78, 5) is 11.6. The predicted molar refractivity (Wildman–Crippen MR) is 122 cm³/mol. The van der Waals surface area contributed by atoms with Crippen molar-refractivity contribution in [2.75, 3.05) is 13.2 Å². The van der Waals surface area contributed by atoms with Gasteiger partial charge in [-0.2, -0.15) is 0 Å². The minimum atomic E-state index is -0.433. The van der Waals surface area contributed by atoms with E-state index in [9.17, 15) is 9.90 Å². The number of rotatable bonds is 8. The maximum atomic E-state index is 15.0. The first-order valence-electron chi connectivity index (χ1n) is 10.3.